The number of aryl methyl sites for hydroxylation is 1. The highest BCUT2D eigenvalue weighted by Gasteiger charge is 2.18. The molecular formula is C12H13N2S+. The SMILES string of the molecule is C#CCN(C)c1sc2ccccc2[n+]1C. The van der Waals surface area contributed by atoms with Crippen LogP contribution in [0.4, 0.5) is 5.13 Å². The molecule has 0 saturated heterocycles. The fraction of sp³-hybridized carbons (Fsp3) is 0.250. The number of rotatable bonds is 2. The molecule has 2 nitrogen and oxygen atoms in total. The lowest BCUT2D eigenvalue weighted by Crippen LogP contribution is -2.35. The Morgan fingerprint density at radius 3 is 2.87 bits per heavy atom. The van der Waals surface area contributed by atoms with E-state index in [1.54, 1.807) is 11.3 Å². The summed E-state index contributed by atoms with van der Waals surface area (Å²) in [4.78, 5) is 2.09. The molecule has 0 N–H and O–H groups in total. The molecular weight excluding hydrogens is 204 g/mol. The summed E-state index contributed by atoms with van der Waals surface area (Å²) >= 11 is 1.77. The Hall–Kier alpha value is -1.53. The van der Waals surface area contributed by atoms with Crippen molar-refractivity contribution in [3.63, 3.8) is 0 Å². The third-order valence-electron chi connectivity index (χ3n) is 2.37. The lowest BCUT2D eigenvalue weighted by Gasteiger charge is -2.05. The van der Waals surface area contributed by atoms with E-state index in [9.17, 15) is 0 Å². The quantitative estimate of drug-likeness (QED) is 0.549. The van der Waals surface area contributed by atoms with Crippen molar-refractivity contribution in [3.05, 3.63) is 24.3 Å². The average molecular weight is 217 g/mol. The molecule has 0 bridgehead atoms. The second-order valence-electron chi connectivity index (χ2n) is 3.47. The van der Waals surface area contributed by atoms with Crippen LogP contribution in [-0.2, 0) is 7.05 Å². The van der Waals surface area contributed by atoms with Gasteiger partial charge in [0.1, 0.15) is 12.1 Å². The molecule has 0 unspecified atom stereocenters. The third-order valence-corrected chi connectivity index (χ3v) is 3.70. The molecule has 0 radical (unpaired) electrons. The molecule has 0 aliphatic heterocycles. The maximum Gasteiger partial charge on any atom is 0.337 e. The van der Waals surface area contributed by atoms with Gasteiger partial charge in [-0.05, 0) is 23.5 Å². The average Bonchev–Trinajstić information content (AvgIpc) is 2.57. The van der Waals surface area contributed by atoms with Crippen LogP contribution in [0.1, 0.15) is 0 Å². The zero-order valence-electron chi connectivity index (χ0n) is 8.90. The number of aromatic nitrogens is 1. The number of terminal acetylenes is 1. The summed E-state index contributed by atoms with van der Waals surface area (Å²) in [7, 11) is 4.09. The second-order valence-corrected chi connectivity index (χ2v) is 4.48. The molecule has 0 spiro atoms. The van der Waals surface area contributed by atoms with Crippen LogP contribution in [-0.4, -0.2) is 13.6 Å². The van der Waals surface area contributed by atoms with E-state index in [1.165, 1.54) is 15.3 Å². The lowest BCUT2D eigenvalue weighted by molar-refractivity contribution is -0.628. The predicted octanol–water partition coefficient (Wildman–Crippen LogP) is 1.80. The molecule has 0 amide bonds. The number of benzene rings is 1. The van der Waals surface area contributed by atoms with Gasteiger partial charge in [0.15, 0.2) is 0 Å². The van der Waals surface area contributed by atoms with Gasteiger partial charge in [-0.2, -0.15) is 0 Å². The topological polar surface area (TPSA) is 7.12 Å². The smallest absolute Gasteiger partial charge is 0.244 e. The maximum absolute atomic E-state index is 5.31. The Kier molecular flexibility index (Phi) is 2.61. The van der Waals surface area contributed by atoms with Crippen molar-refractivity contribution in [2.24, 2.45) is 7.05 Å². The lowest BCUT2D eigenvalue weighted by atomic mass is 10.3. The van der Waals surface area contributed by atoms with E-state index in [0.717, 1.165) is 0 Å². The van der Waals surface area contributed by atoms with Crippen LogP contribution in [0.5, 0.6) is 0 Å². The molecule has 3 heteroatoms. The first-order valence-electron chi connectivity index (χ1n) is 4.76. The first-order valence-corrected chi connectivity index (χ1v) is 5.58. The van der Waals surface area contributed by atoms with E-state index in [1.807, 2.05) is 7.05 Å². The van der Waals surface area contributed by atoms with Gasteiger partial charge in [-0.1, -0.05) is 18.1 Å². The van der Waals surface area contributed by atoms with Gasteiger partial charge in [0.2, 0.25) is 0 Å². The van der Waals surface area contributed by atoms with E-state index in [-0.39, 0.29) is 0 Å². The highest BCUT2D eigenvalue weighted by molar-refractivity contribution is 7.21. The van der Waals surface area contributed by atoms with Crippen molar-refractivity contribution in [2.75, 3.05) is 18.5 Å². The van der Waals surface area contributed by atoms with Crippen LogP contribution in [0.25, 0.3) is 10.2 Å². The van der Waals surface area contributed by atoms with E-state index < -0.39 is 0 Å². The van der Waals surface area contributed by atoms with Gasteiger partial charge in [-0.15, -0.1) is 6.42 Å². The van der Waals surface area contributed by atoms with Crippen LogP contribution in [0, 0.1) is 12.3 Å². The minimum Gasteiger partial charge on any atom is -0.244 e. The molecule has 76 valence electrons. The van der Waals surface area contributed by atoms with E-state index in [0.29, 0.717) is 6.54 Å². The summed E-state index contributed by atoms with van der Waals surface area (Å²) in [6, 6.07) is 8.37. The van der Waals surface area contributed by atoms with E-state index in [2.05, 4.69) is 46.7 Å². The number of hydrogen-bond donors (Lipinski definition) is 0. The molecule has 1 aromatic carbocycles. The molecule has 0 saturated carbocycles. The predicted molar refractivity (Wildman–Crippen MR) is 65.1 cm³/mol. The van der Waals surface area contributed by atoms with E-state index in [4.69, 9.17) is 6.42 Å². The number of hydrogen-bond acceptors (Lipinski definition) is 2. The zero-order valence-corrected chi connectivity index (χ0v) is 9.71. The van der Waals surface area contributed by atoms with Crippen molar-refractivity contribution in [1.82, 2.24) is 0 Å². The Bertz CT molecular complexity index is 522. The summed E-state index contributed by atoms with van der Waals surface area (Å²) < 4.78 is 3.47. The highest BCUT2D eigenvalue weighted by atomic mass is 32.1. The zero-order chi connectivity index (χ0) is 10.8. The van der Waals surface area contributed by atoms with Gasteiger partial charge >= 0.3 is 5.13 Å². The molecule has 15 heavy (non-hydrogen) atoms. The molecule has 2 aromatic rings. The summed E-state index contributed by atoms with van der Waals surface area (Å²) in [5, 5.41) is 1.19. The van der Waals surface area contributed by atoms with Gasteiger partial charge in [-0.3, -0.25) is 0 Å². The van der Waals surface area contributed by atoms with Crippen LogP contribution >= 0.6 is 11.3 Å². The van der Waals surface area contributed by atoms with Crippen molar-refractivity contribution >= 4 is 26.7 Å². The van der Waals surface area contributed by atoms with Gasteiger partial charge in [0, 0.05) is 0 Å². The molecule has 1 heterocycles. The van der Waals surface area contributed by atoms with Crippen molar-refractivity contribution in [2.45, 2.75) is 0 Å². The molecule has 1 aromatic heterocycles. The van der Waals surface area contributed by atoms with Crippen LogP contribution < -0.4 is 9.47 Å². The molecule has 0 fully saturated rings. The largest absolute Gasteiger partial charge is 0.337 e. The Morgan fingerprint density at radius 1 is 1.47 bits per heavy atom. The van der Waals surface area contributed by atoms with E-state index >= 15 is 0 Å². The standard InChI is InChI=1S/C12H13N2S/c1-4-9-13(2)12-14(3)10-7-5-6-8-11(10)15-12/h1,5-8H,9H2,2-3H3/q+1. The van der Waals surface area contributed by atoms with Crippen molar-refractivity contribution < 1.29 is 4.57 Å². The van der Waals surface area contributed by atoms with Gasteiger partial charge < -0.3 is 0 Å². The molecule has 2 rings (SSSR count). The van der Waals surface area contributed by atoms with Crippen LogP contribution in [0.15, 0.2) is 24.3 Å². The normalized spacial score (nSPS) is 10.2. The summed E-state index contributed by atoms with van der Waals surface area (Å²) in [5.41, 5.74) is 1.25. The Balaban J connectivity index is 2.54. The number of thiazole rings is 1. The van der Waals surface area contributed by atoms with Crippen LogP contribution in [0.2, 0.25) is 0 Å². The first kappa shape index (κ1) is 10.0. The number of fused-ring (bicyclic) bond motifs is 1. The maximum atomic E-state index is 5.31. The van der Waals surface area contributed by atoms with Crippen molar-refractivity contribution in [1.29, 1.82) is 0 Å². The first-order chi connectivity index (χ1) is 7.24. The fourth-order valence-electron chi connectivity index (χ4n) is 1.63. The molecule has 0 aliphatic rings. The minimum absolute atomic E-state index is 0.640. The van der Waals surface area contributed by atoms with Crippen molar-refractivity contribution in [3.8, 4) is 12.3 Å². The highest BCUT2D eigenvalue weighted by Crippen LogP contribution is 2.25. The molecule has 0 aliphatic carbocycles. The summed E-state index contributed by atoms with van der Waals surface area (Å²) in [6.07, 6.45) is 5.31. The summed E-state index contributed by atoms with van der Waals surface area (Å²) in [5.74, 6) is 2.66. The second kappa shape index (κ2) is 3.92. The monoisotopic (exact) mass is 217 g/mol. The number of anilines is 1. The number of para-hydroxylation sites is 1. The Morgan fingerprint density at radius 2 is 2.20 bits per heavy atom. The van der Waals surface area contributed by atoms with Gasteiger partial charge in [-0.25, -0.2) is 9.47 Å². The minimum atomic E-state index is 0.640. The van der Waals surface area contributed by atoms with Gasteiger partial charge in [0.25, 0.3) is 0 Å². The third kappa shape index (κ3) is 1.69. The summed E-state index contributed by atoms with van der Waals surface area (Å²) in [6.45, 7) is 0.640. The Labute approximate surface area is 93.8 Å². The fourth-order valence-corrected chi connectivity index (χ4v) is 2.74. The number of nitrogens with zero attached hydrogens (tertiary/aromatic N) is 2. The van der Waals surface area contributed by atoms with Gasteiger partial charge in [0.05, 0.1) is 18.8 Å². The molecule has 0 atom stereocenters. The van der Waals surface area contributed by atoms with Crippen LogP contribution in [0.3, 0.4) is 0 Å².